The van der Waals surface area contributed by atoms with Gasteiger partial charge in [0.1, 0.15) is 6.29 Å². The number of aromatic amines is 1. The molecule has 2 N–H and O–H groups in total. The monoisotopic (exact) mass is 287 g/mol. The predicted octanol–water partition coefficient (Wildman–Crippen LogP) is 4.27. The second-order valence-corrected chi connectivity index (χ2v) is 5.12. The van der Waals surface area contributed by atoms with E-state index in [0.717, 1.165) is 39.5 Å². The minimum atomic E-state index is 0.666. The lowest BCUT2D eigenvalue weighted by molar-refractivity contribution is 0.112. The molecule has 0 fully saturated rings. The molecule has 2 heterocycles. The van der Waals surface area contributed by atoms with E-state index in [-0.39, 0.29) is 0 Å². The number of carbonyl (C=O) groups is 1. The molecule has 106 valence electrons. The summed E-state index contributed by atoms with van der Waals surface area (Å²) in [6.45, 7) is 0. The standard InChI is InChI=1S/C18H13N3O/c22-11-12-1-3-13(4-2-12)21-17-8-10-20-16-6-5-15-14(18(16)17)7-9-19-15/h1-11,20-21H. The molecule has 0 aliphatic rings. The Kier molecular flexibility index (Phi) is 2.86. The summed E-state index contributed by atoms with van der Waals surface area (Å²) in [5.41, 5.74) is 4.64. The van der Waals surface area contributed by atoms with Crippen LogP contribution in [0.5, 0.6) is 0 Å². The van der Waals surface area contributed by atoms with Crippen LogP contribution in [0.1, 0.15) is 10.4 Å². The summed E-state index contributed by atoms with van der Waals surface area (Å²) >= 11 is 0. The van der Waals surface area contributed by atoms with Crippen molar-refractivity contribution in [2.45, 2.75) is 0 Å². The van der Waals surface area contributed by atoms with Crippen molar-refractivity contribution in [1.82, 2.24) is 9.97 Å². The smallest absolute Gasteiger partial charge is 0.150 e. The van der Waals surface area contributed by atoms with Crippen LogP contribution in [0.2, 0.25) is 0 Å². The fraction of sp³-hybridized carbons (Fsp3) is 0. The van der Waals surface area contributed by atoms with Gasteiger partial charge in [-0.1, -0.05) is 0 Å². The summed E-state index contributed by atoms with van der Waals surface area (Å²) in [6.07, 6.45) is 4.57. The van der Waals surface area contributed by atoms with Crippen LogP contribution in [0.3, 0.4) is 0 Å². The van der Waals surface area contributed by atoms with Gasteiger partial charge in [-0.05, 0) is 48.5 Å². The molecule has 0 unspecified atom stereocenters. The maximum Gasteiger partial charge on any atom is 0.150 e. The van der Waals surface area contributed by atoms with Crippen LogP contribution in [0, 0.1) is 0 Å². The Morgan fingerprint density at radius 2 is 1.86 bits per heavy atom. The summed E-state index contributed by atoms with van der Waals surface area (Å²) in [6, 6.07) is 15.5. The summed E-state index contributed by atoms with van der Waals surface area (Å²) < 4.78 is 0. The molecule has 0 saturated heterocycles. The van der Waals surface area contributed by atoms with E-state index in [2.05, 4.69) is 15.3 Å². The number of H-pyrrole nitrogens is 1. The minimum Gasteiger partial charge on any atom is -0.361 e. The number of pyridine rings is 1. The van der Waals surface area contributed by atoms with Gasteiger partial charge in [0.05, 0.1) is 5.52 Å². The third-order valence-electron chi connectivity index (χ3n) is 3.76. The highest BCUT2D eigenvalue weighted by atomic mass is 16.1. The van der Waals surface area contributed by atoms with Gasteiger partial charge in [0.15, 0.2) is 0 Å². The molecule has 0 saturated carbocycles. The molecule has 2 aromatic heterocycles. The van der Waals surface area contributed by atoms with Crippen LogP contribution in [-0.4, -0.2) is 16.3 Å². The zero-order valence-electron chi connectivity index (χ0n) is 11.7. The molecule has 0 bridgehead atoms. The SMILES string of the molecule is O=Cc1ccc(Nc2cc[nH]c3ccc4nccc4c23)cc1. The topological polar surface area (TPSA) is 57.8 Å². The van der Waals surface area contributed by atoms with Gasteiger partial charge in [0.25, 0.3) is 0 Å². The Hall–Kier alpha value is -3.14. The van der Waals surface area contributed by atoms with Crippen molar-refractivity contribution in [2.24, 2.45) is 0 Å². The lowest BCUT2D eigenvalue weighted by Gasteiger charge is -2.11. The van der Waals surface area contributed by atoms with Crippen LogP contribution in [0.15, 0.2) is 60.9 Å². The largest absolute Gasteiger partial charge is 0.361 e. The first-order valence-electron chi connectivity index (χ1n) is 7.02. The van der Waals surface area contributed by atoms with Crippen LogP contribution in [-0.2, 0) is 0 Å². The van der Waals surface area contributed by atoms with Gasteiger partial charge in [-0.2, -0.15) is 0 Å². The number of hydrogen-bond acceptors (Lipinski definition) is 3. The summed E-state index contributed by atoms with van der Waals surface area (Å²) in [5, 5.41) is 5.64. The highest BCUT2D eigenvalue weighted by Gasteiger charge is 2.07. The molecule has 0 amide bonds. The van der Waals surface area contributed by atoms with E-state index < -0.39 is 0 Å². The molecule has 0 aliphatic heterocycles. The molecule has 0 spiro atoms. The number of rotatable bonds is 3. The first-order chi connectivity index (χ1) is 10.8. The maximum absolute atomic E-state index is 10.7. The molecule has 0 radical (unpaired) electrons. The molecule has 0 aliphatic carbocycles. The van der Waals surface area contributed by atoms with Crippen molar-refractivity contribution in [3.05, 3.63) is 66.5 Å². The molecule has 4 nitrogen and oxygen atoms in total. The maximum atomic E-state index is 10.7. The number of benzene rings is 2. The van der Waals surface area contributed by atoms with E-state index in [1.807, 2.05) is 48.8 Å². The van der Waals surface area contributed by atoms with Crippen molar-refractivity contribution in [3.8, 4) is 0 Å². The van der Waals surface area contributed by atoms with Gasteiger partial charge in [-0.25, -0.2) is 0 Å². The average Bonchev–Trinajstić information content (AvgIpc) is 3.04. The lowest BCUT2D eigenvalue weighted by Crippen LogP contribution is -1.93. The highest BCUT2D eigenvalue weighted by molar-refractivity contribution is 6.11. The molecule has 22 heavy (non-hydrogen) atoms. The zero-order chi connectivity index (χ0) is 14.9. The second kappa shape index (κ2) is 5.00. The quantitative estimate of drug-likeness (QED) is 0.553. The number of anilines is 2. The summed E-state index contributed by atoms with van der Waals surface area (Å²) in [7, 11) is 0. The van der Waals surface area contributed by atoms with Gasteiger partial charge in [0, 0.05) is 45.6 Å². The lowest BCUT2D eigenvalue weighted by atomic mass is 10.1. The van der Waals surface area contributed by atoms with E-state index in [4.69, 9.17) is 0 Å². The number of carbonyl (C=O) groups excluding carboxylic acids is 1. The Balaban J connectivity index is 1.86. The van der Waals surface area contributed by atoms with E-state index in [1.54, 1.807) is 12.1 Å². The zero-order valence-corrected chi connectivity index (χ0v) is 11.7. The number of fused-ring (bicyclic) bond motifs is 3. The van der Waals surface area contributed by atoms with E-state index in [9.17, 15) is 4.79 Å². The number of hydrogen-bond donors (Lipinski definition) is 2. The Morgan fingerprint density at radius 3 is 2.68 bits per heavy atom. The van der Waals surface area contributed by atoms with Gasteiger partial charge >= 0.3 is 0 Å². The molecular weight excluding hydrogens is 274 g/mol. The van der Waals surface area contributed by atoms with Crippen molar-refractivity contribution >= 4 is 39.5 Å². The fourth-order valence-corrected chi connectivity index (χ4v) is 2.70. The highest BCUT2D eigenvalue weighted by Crippen LogP contribution is 2.31. The predicted molar refractivity (Wildman–Crippen MR) is 88.7 cm³/mol. The Labute approximate surface area is 126 Å². The minimum absolute atomic E-state index is 0.666. The number of aromatic nitrogens is 2. The summed E-state index contributed by atoms with van der Waals surface area (Å²) in [4.78, 5) is 18.4. The average molecular weight is 287 g/mol. The fourth-order valence-electron chi connectivity index (χ4n) is 2.70. The second-order valence-electron chi connectivity index (χ2n) is 5.12. The van der Waals surface area contributed by atoms with E-state index in [0.29, 0.717) is 5.56 Å². The molecule has 4 rings (SSSR count). The van der Waals surface area contributed by atoms with E-state index >= 15 is 0 Å². The summed E-state index contributed by atoms with van der Waals surface area (Å²) in [5.74, 6) is 0. The van der Waals surface area contributed by atoms with E-state index in [1.165, 1.54) is 0 Å². The van der Waals surface area contributed by atoms with Gasteiger partial charge < -0.3 is 10.3 Å². The van der Waals surface area contributed by atoms with Crippen LogP contribution in [0.25, 0.3) is 21.8 Å². The third-order valence-corrected chi connectivity index (χ3v) is 3.76. The van der Waals surface area contributed by atoms with Gasteiger partial charge in [-0.15, -0.1) is 0 Å². The third kappa shape index (κ3) is 2.02. The molecule has 4 aromatic rings. The molecule has 4 heteroatoms. The first-order valence-corrected chi connectivity index (χ1v) is 7.02. The molecule has 2 aromatic carbocycles. The molecular formula is C18H13N3O. The Bertz CT molecular complexity index is 971. The van der Waals surface area contributed by atoms with Crippen LogP contribution < -0.4 is 5.32 Å². The van der Waals surface area contributed by atoms with Crippen molar-refractivity contribution < 1.29 is 4.79 Å². The van der Waals surface area contributed by atoms with Gasteiger partial charge in [0.2, 0.25) is 0 Å². The number of nitrogens with one attached hydrogen (secondary N) is 2. The van der Waals surface area contributed by atoms with Crippen molar-refractivity contribution in [2.75, 3.05) is 5.32 Å². The molecule has 0 atom stereocenters. The van der Waals surface area contributed by atoms with Crippen LogP contribution >= 0.6 is 0 Å². The Morgan fingerprint density at radius 1 is 1.00 bits per heavy atom. The number of aldehydes is 1. The van der Waals surface area contributed by atoms with Crippen molar-refractivity contribution in [3.63, 3.8) is 0 Å². The van der Waals surface area contributed by atoms with Gasteiger partial charge in [-0.3, -0.25) is 9.78 Å². The van der Waals surface area contributed by atoms with Crippen LogP contribution in [0.4, 0.5) is 11.4 Å². The first kappa shape index (κ1) is 12.6. The normalized spacial score (nSPS) is 10.9. The van der Waals surface area contributed by atoms with Crippen molar-refractivity contribution in [1.29, 1.82) is 0 Å². The number of nitrogens with zero attached hydrogens (tertiary/aromatic N) is 1.